The van der Waals surface area contributed by atoms with Crippen LogP contribution in [0.2, 0.25) is 0 Å². The summed E-state index contributed by atoms with van der Waals surface area (Å²) in [6, 6.07) is 11.2. The van der Waals surface area contributed by atoms with Crippen LogP contribution in [0.4, 0.5) is 11.5 Å². The van der Waals surface area contributed by atoms with E-state index >= 15 is 0 Å². The molecular formula is C15H15N5O. The molecule has 1 amide bonds. The normalized spacial score (nSPS) is 10.6. The van der Waals surface area contributed by atoms with Crippen LogP contribution in [0.25, 0.3) is 10.9 Å². The predicted octanol–water partition coefficient (Wildman–Crippen LogP) is 2.28. The van der Waals surface area contributed by atoms with E-state index in [2.05, 4.69) is 20.5 Å². The Morgan fingerprint density at radius 3 is 2.71 bits per heavy atom. The van der Waals surface area contributed by atoms with Gasteiger partial charge in [-0.15, -0.1) is 0 Å². The highest BCUT2D eigenvalue weighted by atomic mass is 16.2. The second kappa shape index (κ2) is 5.24. The molecule has 0 saturated carbocycles. The van der Waals surface area contributed by atoms with Crippen molar-refractivity contribution in [2.75, 3.05) is 24.3 Å². The standard InChI is InChI=1S/C15H15N5O/c1-20(2)10-7-8-13(16-9-10)17-15(21)14-11-5-3-4-6-12(11)18-19-14/h3-9H,1-2H3,(H,18,19)(H,16,17,21). The fraction of sp³-hybridized carbons (Fsp3) is 0.133. The zero-order chi connectivity index (χ0) is 14.8. The Morgan fingerprint density at radius 2 is 2.00 bits per heavy atom. The highest BCUT2D eigenvalue weighted by Gasteiger charge is 2.14. The van der Waals surface area contributed by atoms with Gasteiger partial charge < -0.3 is 10.2 Å². The summed E-state index contributed by atoms with van der Waals surface area (Å²) in [5.41, 5.74) is 2.17. The van der Waals surface area contributed by atoms with Crippen LogP contribution in [-0.2, 0) is 0 Å². The van der Waals surface area contributed by atoms with Crippen LogP contribution < -0.4 is 10.2 Å². The minimum atomic E-state index is -0.280. The summed E-state index contributed by atoms with van der Waals surface area (Å²) in [5, 5.41) is 10.4. The lowest BCUT2D eigenvalue weighted by Gasteiger charge is -2.11. The molecule has 0 aliphatic rings. The van der Waals surface area contributed by atoms with E-state index in [1.165, 1.54) is 0 Å². The highest BCUT2D eigenvalue weighted by Crippen LogP contribution is 2.17. The number of nitrogens with one attached hydrogen (secondary N) is 2. The van der Waals surface area contributed by atoms with Crippen molar-refractivity contribution in [1.29, 1.82) is 0 Å². The molecule has 0 saturated heterocycles. The zero-order valence-corrected chi connectivity index (χ0v) is 11.8. The van der Waals surface area contributed by atoms with Crippen LogP contribution in [0.1, 0.15) is 10.5 Å². The number of nitrogens with zero attached hydrogens (tertiary/aromatic N) is 3. The molecular weight excluding hydrogens is 266 g/mol. The second-order valence-electron chi connectivity index (χ2n) is 4.87. The summed E-state index contributed by atoms with van der Waals surface area (Å²) in [5.74, 6) is 0.218. The number of rotatable bonds is 3. The smallest absolute Gasteiger partial charge is 0.277 e. The van der Waals surface area contributed by atoms with Gasteiger partial charge in [0.1, 0.15) is 5.82 Å². The molecule has 0 radical (unpaired) electrons. The monoisotopic (exact) mass is 281 g/mol. The average Bonchev–Trinajstić information content (AvgIpc) is 2.92. The van der Waals surface area contributed by atoms with Crippen LogP contribution in [0.3, 0.4) is 0 Å². The van der Waals surface area contributed by atoms with E-state index in [0.29, 0.717) is 11.5 Å². The molecule has 21 heavy (non-hydrogen) atoms. The zero-order valence-electron chi connectivity index (χ0n) is 11.8. The number of carbonyl (C=O) groups is 1. The van der Waals surface area contributed by atoms with Crippen molar-refractivity contribution < 1.29 is 4.79 Å². The van der Waals surface area contributed by atoms with E-state index in [9.17, 15) is 4.79 Å². The van der Waals surface area contributed by atoms with E-state index in [-0.39, 0.29) is 5.91 Å². The molecule has 2 aromatic heterocycles. The molecule has 3 rings (SSSR count). The molecule has 0 bridgehead atoms. The molecule has 0 atom stereocenters. The Hall–Kier alpha value is -2.89. The van der Waals surface area contributed by atoms with Crippen LogP contribution in [0.15, 0.2) is 42.6 Å². The number of H-pyrrole nitrogens is 1. The largest absolute Gasteiger partial charge is 0.376 e. The van der Waals surface area contributed by atoms with Crippen molar-refractivity contribution in [1.82, 2.24) is 15.2 Å². The number of para-hydroxylation sites is 1. The van der Waals surface area contributed by atoms with Crippen molar-refractivity contribution in [3.05, 3.63) is 48.3 Å². The third-order valence-electron chi connectivity index (χ3n) is 3.19. The maximum Gasteiger partial charge on any atom is 0.277 e. The first kappa shape index (κ1) is 13.1. The number of aromatic amines is 1. The van der Waals surface area contributed by atoms with E-state index < -0.39 is 0 Å². The van der Waals surface area contributed by atoms with Crippen LogP contribution in [0.5, 0.6) is 0 Å². The number of carbonyl (C=O) groups excluding carboxylic acids is 1. The fourth-order valence-corrected chi connectivity index (χ4v) is 2.04. The quantitative estimate of drug-likeness (QED) is 0.772. The first-order valence-electron chi connectivity index (χ1n) is 6.53. The first-order chi connectivity index (χ1) is 10.1. The number of benzene rings is 1. The fourth-order valence-electron chi connectivity index (χ4n) is 2.04. The van der Waals surface area contributed by atoms with Gasteiger partial charge in [0, 0.05) is 19.5 Å². The summed E-state index contributed by atoms with van der Waals surface area (Å²) in [6.07, 6.45) is 1.71. The van der Waals surface area contributed by atoms with Crippen molar-refractivity contribution >= 4 is 28.3 Å². The van der Waals surface area contributed by atoms with Gasteiger partial charge in [0.15, 0.2) is 5.69 Å². The van der Waals surface area contributed by atoms with Gasteiger partial charge >= 0.3 is 0 Å². The van der Waals surface area contributed by atoms with Gasteiger partial charge in [0.25, 0.3) is 5.91 Å². The van der Waals surface area contributed by atoms with Crippen molar-refractivity contribution in [2.24, 2.45) is 0 Å². The number of pyridine rings is 1. The van der Waals surface area contributed by atoms with E-state index in [0.717, 1.165) is 16.6 Å². The lowest BCUT2D eigenvalue weighted by atomic mass is 10.2. The predicted molar refractivity (Wildman–Crippen MR) is 82.6 cm³/mol. The molecule has 6 heteroatoms. The van der Waals surface area contributed by atoms with Crippen molar-refractivity contribution in [3.8, 4) is 0 Å². The summed E-state index contributed by atoms with van der Waals surface area (Å²) in [7, 11) is 3.87. The summed E-state index contributed by atoms with van der Waals surface area (Å²) >= 11 is 0. The highest BCUT2D eigenvalue weighted by molar-refractivity contribution is 6.10. The molecule has 2 heterocycles. The molecule has 106 valence electrons. The van der Waals surface area contributed by atoms with Crippen LogP contribution >= 0.6 is 0 Å². The van der Waals surface area contributed by atoms with Crippen LogP contribution in [0, 0.1) is 0 Å². The van der Waals surface area contributed by atoms with E-state index in [1.807, 2.05) is 49.3 Å². The molecule has 3 aromatic rings. The maximum absolute atomic E-state index is 12.3. The van der Waals surface area contributed by atoms with E-state index in [4.69, 9.17) is 0 Å². The Balaban J connectivity index is 1.83. The number of amides is 1. The van der Waals surface area contributed by atoms with Gasteiger partial charge in [0.05, 0.1) is 17.4 Å². The number of fused-ring (bicyclic) bond motifs is 1. The van der Waals surface area contributed by atoms with Gasteiger partial charge in [-0.2, -0.15) is 5.10 Å². The Morgan fingerprint density at radius 1 is 1.19 bits per heavy atom. The summed E-state index contributed by atoms with van der Waals surface area (Å²) in [6.45, 7) is 0. The second-order valence-corrected chi connectivity index (χ2v) is 4.87. The topological polar surface area (TPSA) is 73.9 Å². The molecule has 1 aromatic carbocycles. The Labute approximate surface area is 121 Å². The lowest BCUT2D eigenvalue weighted by molar-refractivity contribution is 0.102. The minimum Gasteiger partial charge on any atom is -0.376 e. The molecule has 0 spiro atoms. The van der Waals surface area contributed by atoms with Gasteiger partial charge in [-0.25, -0.2) is 4.98 Å². The summed E-state index contributed by atoms with van der Waals surface area (Å²) < 4.78 is 0. The molecule has 0 unspecified atom stereocenters. The Kier molecular flexibility index (Phi) is 3.27. The maximum atomic E-state index is 12.3. The third-order valence-corrected chi connectivity index (χ3v) is 3.19. The summed E-state index contributed by atoms with van der Waals surface area (Å²) in [4.78, 5) is 18.4. The number of hydrogen-bond acceptors (Lipinski definition) is 4. The van der Waals surface area contributed by atoms with Gasteiger partial charge in [0.2, 0.25) is 0 Å². The number of anilines is 2. The molecule has 0 fully saturated rings. The first-order valence-corrected chi connectivity index (χ1v) is 6.53. The SMILES string of the molecule is CN(C)c1ccc(NC(=O)c2n[nH]c3ccccc23)nc1. The molecule has 0 aliphatic heterocycles. The van der Waals surface area contributed by atoms with E-state index in [1.54, 1.807) is 12.3 Å². The Bertz CT molecular complexity index is 776. The average molecular weight is 281 g/mol. The molecule has 0 aliphatic carbocycles. The van der Waals surface area contributed by atoms with Crippen LogP contribution in [-0.4, -0.2) is 35.2 Å². The van der Waals surface area contributed by atoms with Crippen molar-refractivity contribution in [2.45, 2.75) is 0 Å². The lowest BCUT2D eigenvalue weighted by Crippen LogP contribution is -2.14. The van der Waals surface area contributed by atoms with Gasteiger partial charge in [-0.1, -0.05) is 18.2 Å². The molecule has 2 N–H and O–H groups in total. The molecule has 6 nitrogen and oxygen atoms in total. The number of hydrogen-bond donors (Lipinski definition) is 2. The number of aromatic nitrogens is 3. The van der Waals surface area contributed by atoms with Crippen molar-refractivity contribution in [3.63, 3.8) is 0 Å². The third kappa shape index (κ3) is 2.55. The van der Waals surface area contributed by atoms with Gasteiger partial charge in [-0.3, -0.25) is 9.89 Å². The minimum absolute atomic E-state index is 0.280. The van der Waals surface area contributed by atoms with Gasteiger partial charge in [-0.05, 0) is 18.2 Å².